The fourth-order valence-corrected chi connectivity index (χ4v) is 1.94. The van der Waals surface area contributed by atoms with Crippen molar-refractivity contribution in [3.63, 3.8) is 0 Å². The predicted molar refractivity (Wildman–Crippen MR) is 83.6 cm³/mol. The number of primary amides is 1. The number of aromatic nitrogens is 2. The van der Waals surface area contributed by atoms with Gasteiger partial charge in [-0.25, -0.2) is 4.68 Å². The largest absolute Gasteiger partial charge is 0.364 e. The first-order valence-corrected chi connectivity index (χ1v) is 6.97. The molecule has 1 atom stereocenters. The number of carbonyl (C=O) groups is 2. The average molecular weight is 301 g/mol. The third-order valence-corrected chi connectivity index (χ3v) is 3.09. The van der Waals surface area contributed by atoms with Crippen LogP contribution in [0.5, 0.6) is 0 Å². The van der Waals surface area contributed by atoms with Crippen molar-refractivity contribution in [2.45, 2.75) is 25.8 Å². The molecule has 0 spiro atoms. The van der Waals surface area contributed by atoms with Gasteiger partial charge in [-0.15, -0.1) is 0 Å². The summed E-state index contributed by atoms with van der Waals surface area (Å²) in [5, 5.41) is 6.92. The van der Waals surface area contributed by atoms with Crippen LogP contribution in [0.3, 0.4) is 0 Å². The van der Waals surface area contributed by atoms with Crippen molar-refractivity contribution in [1.82, 2.24) is 9.78 Å². The zero-order chi connectivity index (χ0) is 16.1. The smallest absolute Gasteiger partial charge is 0.269 e. The second kappa shape index (κ2) is 6.86. The van der Waals surface area contributed by atoms with Gasteiger partial charge in [0.25, 0.3) is 5.91 Å². The molecule has 1 unspecified atom stereocenters. The molecule has 1 aromatic carbocycles. The third kappa shape index (κ3) is 3.92. The minimum atomic E-state index is -0.600. The molecule has 7 nitrogen and oxygen atoms in total. The average Bonchev–Trinajstić information content (AvgIpc) is 2.95. The molecule has 0 aliphatic rings. The van der Waals surface area contributed by atoms with E-state index >= 15 is 0 Å². The number of anilines is 1. The summed E-state index contributed by atoms with van der Waals surface area (Å²) in [6, 6.07) is 8.69. The van der Waals surface area contributed by atoms with E-state index in [9.17, 15) is 9.59 Å². The molecule has 0 fully saturated rings. The molecule has 0 saturated heterocycles. The maximum absolute atomic E-state index is 11.9. The van der Waals surface area contributed by atoms with Crippen molar-refractivity contribution < 1.29 is 9.59 Å². The zero-order valence-corrected chi connectivity index (χ0v) is 12.3. The molecule has 2 aromatic rings. The zero-order valence-electron chi connectivity index (χ0n) is 12.3. The van der Waals surface area contributed by atoms with Crippen LogP contribution in [0.2, 0.25) is 0 Å². The van der Waals surface area contributed by atoms with E-state index in [4.69, 9.17) is 11.5 Å². The van der Waals surface area contributed by atoms with E-state index in [2.05, 4.69) is 10.4 Å². The minimum Gasteiger partial charge on any atom is -0.364 e. The number of benzene rings is 1. The van der Waals surface area contributed by atoms with Crippen LogP contribution in [0.25, 0.3) is 5.69 Å². The Morgan fingerprint density at radius 2 is 2.05 bits per heavy atom. The van der Waals surface area contributed by atoms with Gasteiger partial charge in [-0.2, -0.15) is 5.10 Å². The normalized spacial score (nSPS) is 11.9. The van der Waals surface area contributed by atoms with E-state index in [0.717, 1.165) is 0 Å². The highest BCUT2D eigenvalue weighted by molar-refractivity contribution is 5.93. The van der Waals surface area contributed by atoms with Gasteiger partial charge in [0.15, 0.2) is 0 Å². The third-order valence-electron chi connectivity index (χ3n) is 3.09. The lowest BCUT2D eigenvalue weighted by atomic mass is 10.2. The molecule has 5 N–H and O–H groups in total. The highest BCUT2D eigenvalue weighted by atomic mass is 16.2. The molecule has 22 heavy (non-hydrogen) atoms. The Morgan fingerprint density at radius 3 is 2.68 bits per heavy atom. The quantitative estimate of drug-likeness (QED) is 0.739. The van der Waals surface area contributed by atoms with E-state index in [1.54, 1.807) is 18.3 Å². The Kier molecular flexibility index (Phi) is 4.90. The molecular weight excluding hydrogens is 282 g/mol. The van der Waals surface area contributed by atoms with Gasteiger partial charge in [-0.3, -0.25) is 9.59 Å². The number of rotatable bonds is 6. The van der Waals surface area contributed by atoms with Crippen LogP contribution in [0, 0.1) is 0 Å². The second-order valence-electron chi connectivity index (χ2n) is 5.09. The summed E-state index contributed by atoms with van der Waals surface area (Å²) in [5.41, 5.74) is 12.3. The fourth-order valence-electron chi connectivity index (χ4n) is 1.94. The topological polar surface area (TPSA) is 116 Å². The lowest BCUT2D eigenvalue weighted by Crippen LogP contribution is -2.20. The molecule has 116 valence electrons. The van der Waals surface area contributed by atoms with E-state index < -0.39 is 5.91 Å². The number of para-hydroxylation sites is 2. The van der Waals surface area contributed by atoms with Gasteiger partial charge in [0.1, 0.15) is 5.69 Å². The van der Waals surface area contributed by atoms with Gasteiger partial charge in [0.2, 0.25) is 5.91 Å². The van der Waals surface area contributed by atoms with E-state index in [0.29, 0.717) is 24.2 Å². The molecule has 1 aromatic heterocycles. The van der Waals surface area contributed by atoms with Crippen LogP contribution in [-0.2, 0) is 4.79 Å². The lowest BCUT2D eigenvalue weighted by Gasteiger charge is -2.11. The fraction of sp³-hybridized carbons (Fsp3) is 0.267. The van der Waals surface area contributed by atoms with Gasteiger partial charge < -0.3 is 16.8 Å². The van der Waals surface area contributed by atoms with Crippen LogP contribution >= 0.6 is 0 Å². The molecular formula is C15H19N5O2. The van der Waals surface area contributed by atoms with Gasteiger partial charge in [0.05, 0.1) is 11.4 Å². The minimum absolute atomic E-state index is 0.0229. The molecule has 1 heterocycles. The van der Waals surface area contributed by atoms with E-state index in [1.807, 2.05) is 19.1 Å². The number of hydrogen-bond acceptors (Lipinski definition) is 4. The number of amides is 2. The van der Waals surface area contributed by atoms with E-state index in [-0.39, 0.29) is 17.6 Å². The molecule has 0 aliphatic heterocycles. The second-order valence-corrected chi connectivity index (χ2v) is 5.09. The Morgan fingerprint density at radius 1 is 1.32 bits per heavy atom. The summed E-state index contributed by atoms with van der Waals surface area (Å²) in [5.74, 6) is -0.718. The van der Waals surface area contributed by atoms with Crippen LogP contribution in [0.15, 0.2) is 36.5 Å². The van der Waals surface area contributed by atoms with Gasteiger partial charge in [-0.1, -0.05) is 12.1 Å². The highest BCUT2D eigenvalue weighted by Crippen LogP contribution is 2.20. The van der Waals surface area contributed by atoms with Crippen LogP contribution < -0.4 is 16.8 Å². The first-order valence-electron chi connectivity index (χ1n) is 6.97. The van der Waals surface area contributed by atoms with Gasteiger partial charge in [0, 0.05) is 18.7 Å². The van der Waals surface area contributed by atoms with Crippen molar-refractivity contribution in [1.29, 1.82) is 0 Å². The first kappa shape index (κ1) is 15.7. The molecule has 2 amide bonds. The molecule has 0 radical (unpaired) electrons. The number of nitrogens with two attached hydrogens (primary N) is 2. The summed E-state index contributed by atoms with van der Waals surface area (Å²) >= 11 is 0. The summed E-state index contributed by atoms with van der Waals surface area (Å²) < 4.78 is 1.50. The number of nitrogens with one attached hydrogen (secondary N) is 1. The molecule has 0 aliphatic carbocycles. The Labute approximate surface area is 128 Å². The molecule has 0 bridgehead atoms. The maximum atomic E-state index is 11.9. The predicted octanol–water partition coefficient (Wildman–Crippen LogP) is 1.04. The van der Waals surface area contributed by atoms with Crippen LogP contribution in [0.1, 0.15) is 30.3 Å². The Hall–Kier alpha value is -2.67. The van der Waals surface area contributed by atoms with Crippen molar-refractivity contribution >= 4 is 17.5 Å². The lowest BCUT2D eigenvalue weighted by molar-refractivity contribution is -0.116. The van der Waals surface area contributed by atoms with Crippen molar-refractivity contribution in [3.8, 4) is 5.69 Å². The SMILES string of the molecule is CC(N)CCC(=O)Nc1ccccc1-n1ccc(C(N)=O)n1. The summed E-state index contributed by atoms with van der Waals surface area (Å²) in [6.45, 7) is 1.86. The Balaban J connectivity index is 2.19. The summed E-state index contributed by atoms with van der Waals surface area (Å²) in [7, 11) is 0. The summed E-state index contributed by atoms with van der Waals surface area (Å²) in [4.78, 5) is 23.1. The van der Waals surface area contributed by atoms with Crippen molar-refractivity contribution in [2.24, 2.45) is 11.5 Å². The van der Waals surface area contributed by atoms with Gasteiger partial charge >= 0.3 is 0 Å². The van der Waals surface area contributed by atoms with Crippen molar-refractivity contribution in [2.75, 3.05) is 5.32 Å². The molecule has 7 heteroatoms. The maximum Gasteiger partial charge on any atom is 0.269 e. The highest BCUT2D eigenvalue weighted by Gasteiger charge is 2.11. The van der Waals surface area contributed by atoms with E-state index in [1.165, 1.54) is 10.7 Å². The molecule has 2 rings (SSSR count). The number of hydrogen-bond donors (Lipinski definition) is 3. The number of nitrogens with zero attached hydrogens (tertiary/aromatic N) is 2. The summed E-state index contributed by atoms with van der Waals surface area (Å²) in [6.07, 6.45) is 2.58. The molecule has 0 saturated carbocycles. The number of carbonyl (C=O) groups excluding carboxylic acids is 2. The van der Waals surface area contributed by atoms with Crippen molar-refractivity contribution in [3.05, 3.63) is 42.2 Å². The van der Waals surface area contributed by atoms with Gasteiger partial charge in [-0.05, 0) is 31.5 Å². The van der Waals surface area contributed by atoms with Crippen LogP contribution in [0.4, 0.5) is 5.69 Å². The standard InChI is InChI=1S/C15H19N5O2/c1-10(16)6-7-14(21)18-11-4-2-3-5-13(11)20-9-8-12(19-20)15(17)22/h2-5,8-10H,6-7,16H2,1H3,(H2,17,22)(H,18,21). The monoisotopic (exact) mass is 301 g/mol. The Bertz CT molecular complexity index is 678. The van der Waals surface area contributed by atoms with Crippen LogP contribution in [-0.4, -0.2) is 27.6 Å². The first-order chi connectivity index (χ1) is 10.5.